The first-order chi connectivity index (χ1) is 19.4. The van der Waals surface area contributed by atoms with Gasteiger partial charge in [0.05, 0.1) is 18.6 Å². The summed E-state index contributed by atoms with van der Waals surface area (Å²) in [6.07, 6.45) is 5.99. The van der Waals surface area contributed by atoms with E-state index in [-0.39, 0.29) is 24.4 Å². The smallest absolute Gasteiger partial charge is 0.318 e. The molecule has 1 saturated heterocycles. The van der Waals surface area contributed by atoms with Gasteiger partial charge < -0.3 is 23.4 Å². The lowest BCUT2D eigenvalue weighted by molar-refractivity contribution is -0.235. The van der Waals surface area contributed by atoms with Crippen LogP contribution in [0.25, 0.3) is 0 Å². The summed E-state index contributed by atoms with van der Waals surface area (Å²) in [6, 6.07) is 14.1. The molecule has 6 heteroatoms. The molecule has 214 valence electrons. The highest BCUT2D eigenvalue weighted by Gasteiger charge is 2.87. The summed E-state index contributed by atoms with van der Waals surface area (Å²) in [5.74, 6) is 3.20. The van der Waals surface area contributed by atoms with Gasteiger partial charge in [-0.3, -0.25) is 4.79 Å². The van der Waals surface area contributed by atoms with Gasteiger partial charge in [-0.1, -0.05) is 69.2 Å². The predicted octanol–water partition coefficient (Wildman–Crippen LogP) is 6.43. The largest absolute Gasteiger partial charge is 0.463 e. The van der Waals surface area contributed by atoms with Gasteiger partial charge in [0.25, 0.3) is 0 Å². The normalized spacial score (nSPS) is 38.2. The molecular weight excluding hydrogens is 504 g/mol. The summed E-state index contributed by atoms with van der Waals surface area (Å²) in [5, 5.41) is 0. The molecule has 7 atom stereocenters. The summed E-state index contributed by atoms with van der Waals surface area (Å²) in [4.78, 5) is 15.2. The predicted molar refractivity (Wildman–Crippen MR) is 149 cm³/mol. The highest BCUT2D eigenvalue weighted by atomic mass is 16.7. The molecular formula is C34H42O6. The number of hydrogen-bond acceptors (Lipinski definition) is 6. The van der Waals surface area contributed by atoms with Gasteiger partial charge in [-0.05, 0) is 66.5 Å². The fourth-order valence-corrected chi connectivity index (χ4v) is 10.2. The van der Waals surface area contributed by atoms with Crippen molar-refractivity contribution in [2.24, 2.45) is 40.4 Å². The number of benzene rings is 1. The average Bonchev–Trinajstić information content (AvgIpc) is 3.77. The number of hydrogen-bond donors (Lipinski definition) is 0. The molecule has 1 aromatic heterocycles. The fourth-order valence-electron chi connectivity index (χ4n) is 10.2. The summed E-state index contributed by atoms with van der Waals surface area (Å²) in [6.45, 7) is 8.60. The number of rotatable bonds is 8. The van der Waals surface area contributed by atoms with Crippen LogP contribution in [0, 0.1) is 40.4 Å². The third kappa shape index (κ3) is 3.24. The standard InChI is InChI=1S/C34H42O6/c1-21(2)28-16-24-17-33(31-37-14-15-38-31)27-12-10-22(3)26(27)18-32(24,29-13-11-25(40-29)20-36-4)34(28,33)30(35)39-19-23-8-6-5-7-9-23/h5-9,11,13,16,21-22,24,26-27,31H,10,12,14-15,17-20H2,1-4H3/t22-,24?,26-,27-,32?,33?,34?/m1/s1. The number of carbonyl (C=O) groups excluding carboxylic acids is 1. The van der Waals surface area contributed by atoms with Crippen LogP contribution in [0.2, 0.25) is 0 Å². The van der Waals surface area contributed by atoms with Crippen molar-refractivity contribution in [2.45, 2.75) is 71.4 Å². The Hall–Kier alpha value is -2.41. The molecule has 5 aliphatic rings. The molecule has 0 spiro atoms. The number of methoxy groups -OCH3 is 1. The van der Waals surface area contributed by atoms with E-state index in [1.54, 1.807) is 7.11 Å². The van der Waals surface area contributed by atoms with Gasteiger partial charge in [0.15, 0.2) is 6.29 Å². The van der Waals surface area contributed by atoms with Gasteiger partial charge in [-0.25, -0.2) is 0 Å². The molecule has 0 radical (unpaired) electrons. The van der Waals surface area contributed by atoms with Gasteiger partial charge in [-0.2, -0.15) is 0 Å². The summed E-state index contributed by atoms with van der Waals surface area (Å²) >= 11 is 0. The Balaban J connectivity index is 1.47. The topological polar surface area (TPSA) is 67.1 Å². The van der Waals surface area contributed by atoms with Gasteiger partial charge in [0.1, 0.15) is 30.1 Å². The van der Waals surface area contributed by atoms with Gasteiger partial charge in [-0.15, -0.1) is 0 Å². The van der Waals surface area contributed by atoms with Crippen molar-refractivity contribution in [3.05, 3.63) is 71.2 Å². The van der Waals surface area contributed by atoms with Crippen LogP contribution in [0.4, 0.5) is 0 Å². The molecule has 2 heterocycles. The zero-order valence-electron chi connectivity index (χ0n) is 24.2. The summed E-state index contributed by atoms with van der Waals surface area (Å²) in [7, 11) is 1.69. The van der Waals surface area contributed by atoms with E-state index in [0.717, 1.165) is 42.8 Å². The third-order valence-corrected chi connectivity index (χ3v) is 11.3. The first kappa shape index (κ1) is 26.5. The van der Waals surface area contributed by atoms with E-state index in [9.17, 15) is 0 Å². The molecule has 3 saturated carbocycles. The van der Waals surface area contributed by atoms with Crippen LogP contribution in [0.5, 0.6) is 0 Å². The minimum absolute atomic E-state index is 0.140. The first-order valence-electron chi connectivity index (χ1n) is 15.1. The maximum Gasteiger partial charge on any atom is 0.318 e. The number of esters is 1. The lowest BCUT2D eigenvalue weighted by atomic mass is 9.41. The molecule has 40 heavy (non-hydrogen) atoms. The highest BCUT2D eigenvalue weighted by molar-refractivity contribution is 5.88. The second-order valence-corrected chi connectivity index (χ2v) is 13.2. The van der Waals surface area contributed by atoms with Crippen LogP contribution < -0.4 is 0 Å². The van der Waals surface area contributed by atoms with Crippen molar-refractivity contribution < 1.29 is 28.2 Å². The van der Waals surface area contributed by atoms with Gasteiger partial charge in [0, 0.05) is 12.5 Å². The molecule has 4 fully saturated rings. The molecule has 1 aromatic carbocycles. The quantitative estimate of drug-likeness (QED) is 0.281. The molecule has 6 nitrogen and oxygen atoms in total. The molecule has 7 rings (SSSR count). The average molecular weight is 547 g/mol. The molecule has 4 aliphatic carbocycles. The van der Waals surface area contributed by atoms with Crippen molar-refractivity contribution in [1.29, 1.82) is 0 Å². The lowest BCUT2D eigenvalue weighted by Crippen LogP contribution is -2.67. The van der Waals surface area contributed by atoms with Crippen molar-refractivity contribution in [3.8, 4) is 0 Å². The van der Waals surface area contributed by atoms with Crippen LogP contribution in [0.15, 0.2) is 58.5 Å². The lowest BCUT2D eigenvalue weighted by Gasteiger charge is -2.61. The van der Waals surface area contributed by atoms with E-state index in [0.29, 0.717) is 37.6 Å². The molecule has 4 bridgehead atoms. The van der Waals surface area contributed by atoms with Gasteiger partial charge in [0.2, 0.25) is 0 Å². The van der Waals surface area contributed by atoms with Crippen molar-refractivity contribution >= 4 is 5.97 Å². The molecule has 0 N–H and O–H groups in total. The Kier molecular flexibility index (Phi) is 6.34. The van der Waals surface area contributed by atoms with Crippen molar-refractivity contribution in [3.63, 3.8) is 0 Å². The Labute approximate surface area is 237 Å². The maximum absolute atomic E-state index is 15.2. The van der Waals surface area contributed by atoms with Gasteiger partial charge >= 0.3 is 5.97 Å². The van der Waals surface area contributed by atoms with Crippen molar-refractivity contribution in [1.82, 2.24) is 0 Å². The molecule has 1 aliphatic heterocycles. The number of furan rings is 1. The monoisotopic (exact) mass is 546 g/mol. The van der Waals surface area contributed by atoms with E-state index in [1.165, 1.54) is 5.57 Å². The minimum Gasteiger partial charge on any atom is -0.463 e. The number of ether oxygens (including phenoxy) is 4. The fraction of sp³-hybridized carbons (Fsp3) is 0.618. The minimum atomic E-state index is -0.934. The van der Waals surface area contributed by atoms with E-state index in [4.69, 9.17) is 23.4 Å². The Bertz CT molecular complexity index is 1290. The SMILES string of the molecule is COCc1ccc(C23C[C@@H]4[C@H](C)CC[C@H]4C4(C5OCCO5)CC2C=C(C(C)C)C34C(=O)OCc2ccccc2)o1. The van der Waals surface area contributed by atoms with E-state index in [2.05, 4.69) is 32.9 Å². The Morgan fingerprint density at radius 2 is 1.80 bits per heavy atom. The van der Waals surface area contributed by atoms with Crippen LogP contribution in [-0.4, -0.2) is 32.6 Å². The molecule has 4 unspecified atom stereocenters. The second-order valence-electron chi connectivity index (χ2n) is 13.2. The van der Waals surface area contributed by atoms with Crippen LogP contribution in [-0.2, 0) is 42.4 Å². The van der Waals surface area contributed by atoms with Crippen LogP contribution in [0.3, 0.4) is 0 Å². The number of allylic oxidation sites excluding steroid dienone is 1. The zero-order valence-corrected chi connectivity index (χ0v) is 24.2. The highest BCUT2D eigenvalue weighted by Crippen LogP contribution is 2.84. The second kappa shape index (κ2) is 9.57. The number of fused-ring (bicyclic) bond motifs is 2. The van der Waals surface area contributed by atoms with E-state index < -0.39 is 22.5 Å². The zero-order chi connectivity index (χ0) is 27.7. The summed E-state index contributed by atoms with van der Waals surface area (Å²) in [5.41, 5.74) is 0.170. The molecule has 0 amide bonds. The first-order valence-corrected chi connectivity index (χ1v) is 15.1. The van der Waals surface area contributed by atoms with E-state index >= 15 is 4.79 Å². The Morgan fingerprint density at radius 3 is 2.52 bits per heavy atom. The van der Waals surface area contributed by atoms with Crippen molar-refractivity contribution in [2.75, 3.05) is 20.3 Å². The maximum atomic E-state index is 15.2. The Morgan fingerprint density at radius 1 is 1.02 bits per heavy atom. The summed E-state index contributed by atoms with van der Waals surface area (Å²) < 4.78 is 31.6. The van der Waals surface area contributed by atoms with E-state index in [1.807, 2.05) is 36.4 Å². The third-order valence-electron chi connectivity index (χ3n) is 11.3. The molecule has 2 aromatic rings. The number of carbonyl (C=O) groups is 1. The van der Waals surface area contributed by atoms with Crippen LogP contribution in [0.1, 0.15) is 63.5 Å². The van der Waals surface area contributed by atoms with Crippen LogP contribution >= 0.6 is 0 Å².